The number of hydrogen-bond donors (Lipinski definition) is 0. The van der Waals surface area contributed by atoms with Crippen molar-refractivity contribution < 1.29 is 16.8 Å². The molecule has 0 N–H and O–H groups in total. The summed E-state index contributed by atoms with van der Waals surface area (Å²) in [5.74, 6) is -0.201. The van der Waals surface area contributed by atoms with Crippen LogP contribution in [0.25, 0.3) is 0 Å². The number of benzene rings is 1. The van der Waals surface area contributed by atoms with Gasteiger partial charge in [0.2, 0.25) is 0 Å². The van der Waals surface area contributed by atoms with E-state index in [-0.39, 0.29) is 10.6 Å². The maximum atomic E-state index is 11.0. The molecule has 0 heterocycles. The lowest BCUT2D eigenvalue weighted by Gasteiger charge is -2.01. The third-order valence-electron chi connectivity index (χ3n) is 1.61. The van der Waals surface area contributed by atoms with Gasteiger partial charge in [0, 0.05) is 16.9 Å². The third-order valence-corrected chi connectivity index (χ3v) is 3.82. The van der Waals surface area contributed by atoms with Crippen molar-refractivity contribution in [2.45, 2.75) is 10.6 Å². The van der Waals surface area contributed by atoms with E-state index in [1.807, 2.05) is 0 Å². The van der Waals surface area contributed by atoms with Gasteiger partial charge >= 0.3 is 0 Å². The van der Waals surface area contributed by atoms with E-state index < -0.39 is 18.9 Å². The highest BCUT2D eigenvalue weighted by atomic mass is 35.7. The molecule has 4 nitrogen and oxygen atoms in total. The molecule has 0 saturated heterocycles. The molecule has 0 aliphatic carbocycles. The van der Waals surface area contributed by atoms with Gasteiger partial charge in [-0.15, -0.1) is 0 Å². The molecule has 7 heteroatoms. The normalized spacial score (nSPS) is 12.7. The SMILES string of the molecule is CS(=O)(=O)Cc1cccc(S(=O)(=O)Cl)c1. The van der Waals surface area contributed by atoms with Gasteiger partial charge in [-0.25, -0.2) is 16.8 Å². The van der Waals surface area contributed by atoms with E-state index in [0.29, 0.717) is 5.56 Å². The summed E-state index contributed by atoms with van der Waals surface area (Å²) in [7, 11) is -1.86. The van der Waals surface area contributed by atoms with Gasteiger partial charge in [0.25, 0.3) is 9.05 Å². The first-order valence-electron chi connectivity index (χ1n) is 3.90. The summed E-state index contributed by atoms with van der Waals surface area (Å²) in [5, 5.41) is 0. The third kappa shape index (κ3) is 4.19. The average molecular weight is 269 g/mol. The fourth-order valence-electron chi connectivity index (χ4n) is 1.09. The molecule has 0 amide bonds. The second kappa shape index (κ2) is 4.11. The Morgan fingerprint density at radius 2 is 1.80 bits per heavy atom. The van der Waals surface area contributed by atoms with Crippen LogP contribution >= 0.6 is 10.7 Å². The van der Waals surface area contributed by atoms with Crippen LogP contribution in [0.3, 0.4) is 0 Å². The van der Waals surface area contributed by atoms with Crippen molar-refractivity contribution in [3.05, 3.63) is 29.8 Å². The molecule has 0 atom stereocenters. The monoisotopic (exact) mass is 268 g/mol. The van der Waals surface area contributed by atoms with Gasteiger partial charge in [0.1, 0.15) is 0 Å². The summed E-state index contributed by atoms with van der Waals surface area (Å²) in [6.07, 6.45) is 1.08. The summed E-state index contributed by atoms with van der Waals surface area (Å²) in [6, 6.07) is 5.56. The Morgan fingerprint density at radius 1 is 1.20 bits per heavy atom. The van der Waals surface area contributed by atoms with Gasteiger partial charge in [-0.2, -0.15) is 0 Å². The molecule has 1 aromatic carbocycles. The molecule has 0 aliphatic rings. The van der Waals surface area contributed by atoms with E-state index in [0.717, 1.165) is 6.26 Å². The summed E-state index contributed by atoms with van der Waals surface area (Å²) >= 11 is 0. The van der Waals surface area contributed by atoms with Crippen molar-refractivity contribution in [2.24, 2.45) is 0 Å². The average Bonchev–Trinajstić information content (AvgIpc) is 1.99. The Labute approximate surface area is 93.2 Å². The summed E-state index contributed by atoms with van der Waals surface area (Å²) in [6.45, 7) is 0. The minimum atomic E-state index is -3.80. The van der Waals surface area contributed by atoms with Gasteiger partial charge in [-0.05, 0) is 17.7 Å². The van der Waals surface area contributed by atoms with Crippen LogP contribution in [-0.2, 0) is 24.6 Å². The molecular formula is C8H9ClO4S2. The van der Waals surface area contributed by atoms with Crippen molar-refractivity contribution in [2.75, 3.05) is 6.26 Å². The maximum Gasteiger partial charge on any atom is 0.261 e. The van der Waals surface area contributed by atoms with Crippen LogP contribution in [0.5, 0.6) is 0 Å². The molecule has 1 aromatic rings. The zero-order valence-corrected chi connectivity index (χ0v) is 10.2. The second-order valence-corrected chi connectivity index (χ2v) is 7.86. The largest absolute Gasteiger partial charge is 0.261 e. The highest BCUT2D eigenvalue weighted by Crippen LogP contribution is 2.17. The molecule has 0 bridgehead atoms. The highest BCUT2D eigenvalue weighted by molar-refractivity contribution is 8.13. The topological polar surface area (TPSA) is 68.3 Å². The molecular weight excluding hydrogens is 260 g/mol. The fraction of sp³-hybridized carbons (Fsp3) is 0.250. The molecule has 0 unspecified atom stereocenters. The van der Waals surface area contributed by atoms with Crippen LogP contribution in [0.15, 0.2) is 29.2 Å². The van der Waals surface area contributed by atoms with E-state index in [9.17, 15) is 16.8 Å². The summed E-state index contributed by atoms with van der Waals surface area (Å²) in [5.41, 5.74) is 0.402. The van der Waals surface area contributed by atoms with Crippen LogP contribution in [-0.4, -0.2) is 23.1 Å². The first-order valence-corrected chi connectivity index (χ1v) is 8.27. The fourth-order valence-corrected chi connectivity index (χ4v) is 2.70. The second-order valence-electron chi connectivity index (χ2n) is 3.16. The number of halogens is 1. The Kier molecular flexibility index (Phi) is 3.42. The Morgan fingerprint density at radius 3 is 2.27 bits per heavy atom. The molecule has 84 valence electrons. The van der Waals surface area contributed by atoms with E-state index in [1.54, 1.807) is 0 Å². The van der Waals surface area contributed by atoms with Crippen molar-refractivity contribution >= 4 is 29.6 Å². The first-order chi connectivity index (χ1) is 6.68. The lowest BCUT2D eigenvalue weighted by molar-refractivity contribution is 0.600. The smallest absolute Gasteiger partial charge is 0.229 e. The minimum Gasteiger partial charge on any atom is -0.229 e. The van der Waals surface area contributed by atoms with E-state index in [4.69, 9.17) is 10.7 Å². The van der Waals surface area contributed by atoms with Crippen molar-refractivity contribution in [1.82, 2.24) is 0 Å². The zero-order chi connectivity index (χ0) is 11.7. The Balaban J connectivity index is 3.15. The van der Waals surface area contributed by atoms with Gasteiger partial charge in [0.15, 0.2) is 9.84 Å². The summed E-state index contributed by atoms with van der Waals surface area (Å²) < 4.78 is 43.9. The Hall–Kier alpha value is -0.590. The van der Waals surface area contributed by atoms with Gasteiger partial charge in [-0.1, -0.05) is 12.1 Å². The van der Waals surface area contributed by atoms with E-state index in [2.05, 4.69) is 0 Å². The van der Waals surface area contributed by atoms with Crippen LogP contribution in [0.4, 0.5) is 0 Å². The minimum absolute atomic E-state index is 0.0923. The van der Waals surface area contributed by atoms with Crippen LogP contribution in [0.1, 0.15) is 5.56 Å². The van der Waals surface area contributed by atoms with Crippen molar-refractivity contribution in [3.63, 3.8) is 0 Å². The highest BCUT2D eigenvalue weighted by Gasteiger charge is 2.11. The van der Waals surface area contributed by atoms with E-state index in [1.165, 1.54) is 24.3 Å². The number of rotatable bonds is 3. The van der Waals surface area contributed by atoms with Crippen LogP contribution in [0.2, 0.25) is 0 Å². The van der Waals surface area contributed by atoms with Crippen molar-refractivity contribution in [3.8, 4) is 0 Å². The Bertz CT molecular complexity index is 560. The lowest BCUT2D eigenvalue weighted by Crippen LogP contribution is -2.01. The van der Waals surface area contributed by atoms with Gasteiger partial charge < -0.3 is 0 Å². The molecule has 0 aliphatic heterocycles. The molecule has 0 radical (unpaired) electrons. The number of sulfone groups is 1. The predicted molar refractivity (Wildman–Crippen MR) is 58.0 cm³/mol. The summed E-state index contributed by atoms with van der Waals surface area (Å²) in [4.78, 5) is -0.0923. The van der Waals surface area contributed by atoms with Gasteiger partial charge in [0.05, 0.1) is 10.6 Å². The maximum absolute atomic E-state index is 11.0. The standard InChI is InChI=1S/C8H9ClO4S2/c1-14(10,11)6-7-3-2-4-8(5-7)15(9,12)13/h2-5H,6H2,1H3. The molecule has 0 spiro atoms. The van der Waals surface area contributed by atoms with Crippen molar-refractivity contribution in [1.29, 1.82) is 0 Å². The number of hydrogen-bond acceptors (Lipinski definition) is 4. The quantitative estimate of drug-likeness (QED) is 0.772. The molecule has 1 rings (SSSR count). The van der Waals surface area contributed by atoms with Crippen LogP contribution in [0, 0.1) is 0 Å². The van der Waals surface area contributed by atoms with Crippen LogP contribution < -0.4 is 0 Å². The molecule has 0 fully saturated rings. The van der Waals surface area contributed by atoms with E-state index >= 15 is 0 Å². The first kappa shape index (κ1) is 12.5. The molecule has 0 saturated carbocycles. The lowest BCUT2D eigenvalue weighted by atomic mass is 10.2. The molecule has 15 heavy (non-hydrogen) atoms. The molecule has 0 aromatic heterocycles. The predicted octanol–water partition coefficient (Wildman–Crippen LogP) is 1.16. The zero-order valence-electron chi connectivity index (χ0n) is 7.84. The van der Waals surface area contributed by atoms with Gasteiger partial charge in [-0.3, -0.25) is 0 Å².